The molecule has 0 unspecified atom stereocenters. The number of carbonyl (C=O) groups excluding carboxylic acids is 3. The molecule has 0 atom stereocenters. The van der Waals surface area contributed by atoms with Crippen LogP contribution in [0.1, 0.15) is 26.7 Å². The van der Waals surface area contributed by atoms with E-state index in [2.05, 4.69) is 26.6 Å². The van der Waals surface area contributed by atoms with Gasteiger partial charge in [-0.15, -0.1) is 0 Å². The number of urea groups is 2. The maximum Gasteiger partial charge on any atom is 0.317 e. The number of carbonyl (C=O) groups is 3. The standard InChI is InChI=1S/C10H21N5O3/c1-3-4-5-11-9(17)14-7-15-10(18)13-6-12-8(2)16/h3-7H2,1-2H3,(H,12,16)(H2,11,14,17)(H2,13,15,18). The van der Waals surface area contributed by atoms with Crippen molar-refractivity contribution in [1.29, 1.82) is 0 Å². The number of hydrogen-bond acceptors (Lipinski definition) is 3. The van der Waals surface area contributed by atoms with E-state index in [9.17, 15) is 14.4 Å². The quantitative estimate of drug-likeness (QED) is 0.312. The maximum atomic E-state index is 11.2. The Hall–Kier alpha value is -1.99. The van der Waals surface area contributed by atoms with E-state index in [1.54, 1.807) is 0 Å². The summed E-state index contributed by atoms with van der Waals surface area (Å²) in [5.74, 6) is -0.233. The SMILES string of the molecule is CCCCNC(=O)NCNC(=O)NCNC(C)=O. The first-order valence-corrected chi connectivity index (χ1v) is 5.84. The average molecular weight is 259 g/mol. The molecular weight excluding hydrogens is 238 g/mol. The Balaban J connectivity index is 3.44. The van der Waals surface area contributed by atoms with E-state index in [1.807, 2.05) is 6.92 Å². The number of amides is 5. The normalized spacial score (nSPS) is 9.22. The fourth-order valence-electron chi connectivity index (χ4n) is 0.957. The molecule has 0 fully saturated rings. The molecule has 0 aliphatic carbocycles. The van der Waals surface area contributed by atoms with Gasteiger partial charge in [0.15, 0.2) is 0 Å². The summed E-state index contributed by atoms with van der Waals surface area (Å²) in [5.41, 5.74) is 0. The Morgan fingerprint density at radius 1 is 0.833 bits per heavy atom. The highest BCUT2D eigenvalue weighted by Gasteiger charge is 2.01. The topological polar surface area (TPSA) is 111 Å². The summed E-state index contributed by atoms with van der Waals surface area (Å²) in [4.78, 5) is 32.8. The van der Waals surface area contributed by atoms with Gasteiger partial charge >= 0.3 is 12.1 Å². The molecular formula is C10H21N5O3. The summed E-state index contributed by atoms with van der Waals surface area (Å²) in [7, 11) is 0. The summed E-state index contributed by atoms with van der Waals surface area (Å²) in [6.07, 6.45) is 1.92. The van der Waals surface area contributed by atoms with Crippen LogP contribution < -0.4 is 26.6 Å². The molecule has 0 saturated heterocycles. The molecule has 0 aromatic rings. The molecule has 0 rings (SSSR count). The first-order chi connectivity index (χ1) is 8.56. The predicted molar refractivity (Wildman–Crippen MR) is 66.7 cm³/mol. The van der Waals surface area contributed by atoms with Crippen LogP contribution in [0, 0.1) is 0 Å². The fourth-order valence-corrected chi connectivity index (χ4v) is 0.957. The van der Waals surface area contributed by atoms with Crippen LogP contribution >= 0.6 is 0 Å². The van der Waals surface area contributed by atoms with Crippen molar-refractivity contribution in [3.8, 4) is 0 Å². The zero-order valence-corrected chi connectivity index (χ0v) is 10.8. The van der Waals surface area contributed by atoms with Crippen molar-refractivity contribution in [1.82, 2.24) is 26.6 Å². The first-order valence-electron chi connectivity index (χ1n) is 5.84. The molecule has 104 valence electrons. The van der Waals surface area contributed by atoms with Crippen LogP contribution in [-0.2, 0) is 4.79 Å². The van der Waals surface area contributed by atoms with Crippen LogP contribution in [0.15, 0.2) is 0 Å². The maximum absolute atomic E-state index is 11.2. The monoisotopic (exact) mass is 259 g/mol. The van der Waals surface area contributed by atoms with Gasteiger partial charge in [0.25, 0.3) is 0 Å². The Morgan fingerprint density at radius 2 is 1.33 bits per heavy atom. The lowest BCUT2D eigenvalue weighted by Gasteiger charge is -2.09. The van der Waals surface area contributed by atoms with Gasteiger partial charge < -0.3 is 26.6 Å². The lowest BCUT2D eigenvalue weighted by Crippen LogP contribution is -2.47. The smallest absolute Gasteiger partial charge is 0.317 e. The van der Waals surface area contributed by atoms with Gasteiger partial charge in [0.05, 0.1) is 13.3 Å². The van der Waals surface area contributed by atoms with Crippen molar-refractivity contribution >= 4 is 18.0 Å². The molecule has 0 spiro atoms. The molecule has 0 aliphatic rings. The largest absolute Gasteiger partial charge is 0.339 e. The Labute approximate surface area is 106 Å². The molecule has 0 heterocycles. The minimum absolute atomic E-state index is 0.0177. The Morgan fingerprint density at radius 3 is 1.83 bits per heavy atom. The molecule has 0 aromatic heterocycles. The van der Waals surface area contributed by atoms with Crippen molar-refractivity contribution in [3.63, 3.8) is 0 Å². The van der Waals surface area contributed by atoms with Gasteiger partial charge in [-0.3, -0.25) is 4.79 Å². The lowest BCUT2D eigenvalue weighted by molar-refractivity contribution is -0.118. The second-order valence-electron chi connectivity index (χ2n) is 3.56. The minimum Gasteiger partial charge on any atom is -0.339 e. The van der Waals surface area contributed by atoms with E-state index in [1.165, 1.54) is 6.92 Å². The highest BCUT2D eigenvalue weighted by Crippen LogP contribution is 1.81. The fraction of sp³-hybridized carbons (Fsp3) is 0.700. The highest BCUT2D eigenvalue weighted by molar-refractivity contribution is 5.77. The van der Waals surface area contributed by atoms with E-state index in [4.69, 9.17) is 0 Å². The van der Waals surface area contributed by atoms with Crippen molar-refractivity contribution in [2.45, 2.75) is 26.7 Å². The van der Waals surface area contributed by atoms with Crippen LogP contribution in [0.25, 0.3) is 0 Å². The number of rotatable bonds is 7. The number of nitrogens with one attached hydrogen (secondary N) is 5. The third kappa shape index (κ3) is 10.5. The van der Waals surface area contributed by atoms with Gasteiger partial charge in [-0.05, 0) is 6.42 Å². The van der Waals surface area contributed by atoms with Crippen molar-refractivity contribution in [2.24, 2.45) is 0 Å². The molecule has 8 nitrogen and oxygen atoms in total. The number of hydrogen-bond donors (Lipinski definition) is 5. The summed E-state index contributed by atoms with van der Waals surface area (Å²) >= 11 is 0. The van der Waals surface area contributed by atoms with Crippen molar-refractivity contribution in [2.75, 3.05) is 19.9 Å². The second kappa shape index (κ2) is 10.2. The second-order valence-corrected chi connectivity index (χ2v) is 3.56. The summed E-state index contributed by atoms with van der Waals surface area (Å²) in [6.45, 7) is 4.05. The molecule has 0 aromatic carbocycles. The van der Waals surface area contributed by atoms with Crippen LogP contribution in [0.3, 0.4) is 0 Å². The first kappa shape index (κ1) is 16.0. The Bertz CT molecular complexity index is 283. The molecule has 0 saturated carbocycles. The van der Waals surface area contributed by atoms with E-state index < -0.39 is 6.03 Å². The van der Waals surface area contributed by atoms with E-state index in [0.717, 1.165) is 12.8 Å². The van der Waals surface area contributed by atoms with Crippen molar-refractivity contribution in [3.05, 3.63) is 0 Å². The summed E-state index contributed by atoms with van der Waals surface area (Å²) < 4.78 is 0. The summed E-state index contributed by atoms with van der Waals surface area (Å²) in [5, 5.41) is 12.3. The predicted octanol–water partition coefficient (Wildman–Crippen LogP) is -0.564. The van der Waals surface area contributed by atoms with Crippen LogP contribution in [0.5, 0.6) is 0 Å². The van der Waals surface area contributed by atoms with Crippen LogP contribution in [0.4, 0.5) is 9.59 Å². The molecule has 0 bridgehead atoms. The lowest BCUT2D eigenvalue weighted by atomic mass is 10.3. The third-order valence-electron chi connectivity index (χ3n) is 1.90. The molecule has 5 N–H and O–H groups in total. The van der Waals surface area contributed by atoms with E-state index >= 15 is 0 Å². The number of unbranched alkanes of at least 4 members (excludes halogenated alkanes) is 1. The molecule has 0 aliphatic heterocycles. The van der Waals surface area contributed by atoms with Crippen molar-refractivity contribution < 1.29 is 14.4 Å². The molecule has 18 heavy (non-hydrogen) atoms. The van der Waals surface area contributed by atoms with E-state index in [0.29, 0.717) is 6.54 Å². The zero-order chi connectivity index (χ0) is 13.8. The van der Waals surface area contributed by atoms with Gasteiger partial charge in [-0.1, -0.05) is 13.3 Å². The Kier molecular flexibility index (Phi) is 9.06. The van der Waals surface area contributed by atoms with Crippen LogP contribution in [-0.4, -0.2) is 37.9 Å². The van der Waals surface area contributed by atoms with E-state index in [-0.39, 0.29) is 25.3 Å². The molecule has 8 heteroatoms. The average Bonchev–Trinajstić information content (AvgIpc) is 2.29. The third-order valence-corrected chi connectivity index (χ3v) is 1.90. The van der Waals surface area contributed by atoms with Gasteiger partial charge in [0.2, 0.25) is 5.91 Å². The minimum atomic E-state index is -0.474. The zero-order valence-electron chi connectivity index (χ0n) is 10.8. The van der Waals surface area contributed by atoms with Gasteiger partial charge in [0, 0.05) is 13.5 Å². The molecule has 5 amide bonds. The van der Waals surface area contributed by atoms with Gasteiger partial charge in [-0.25, -0.2) is 9.59 Å². The van der Waals surface area contributed by atoms with Gasteiger partial charge in [-0.2, -0.15) is 0 Å². The summed E-state index contributed by atoms with van der Waals surface area (Å²) in [6, 6.07) is -0.803. The highest BCUT2D eigenvalue weighted by atomic mass is 16.2. The van der Waals surface area contributed by atoms with Gasteiger partial charge in [0.1, 0.15) is 0 Å². The molecule has 0 radical (unpaired) electrons. The van der Waals surface area contributed by atoms with Crippen LogP contribution in [0.2, 0.25) is 0 Å².